The molecule has 1 aliphatic carbocycles. The maximum absolute atomic E-state index is 11.7. The van der Waals surface area contributed by atoms with Crippen molar-refractivity contribution in [1.82, 2.24) is 9.88 Å². The molecule has 1 unspecified atom stereocenters. The highest BCUT2D eigenvalue weighted by Crippen LogP contribution is 2.37. The van der Waals surface area contributed by atoms with Crippen molar-refractivity contribution in [1.29, 1.82) is 0 Å². The van der Waals surface area contributed by atoms with E-state index in [2.05, 4.69) is 25.9 Å². The molecule has 6 heteroatoms. The van der Waals surface area contributed by atoms with Gasteiger partial charge in [-0.2, -0.15) is 4.99 Å². The van der Waals surface area contributed by atoms with E-state index in [1.807, 2.05) is 12.1 Å². The van der Waals surface area contributed by atoms with Gasteiger partial charge in [0.2, 0.25) is 0 Å². The molecule has 1 aromatic heterocycles. The van der Waals surface area contributed by atoms with Gasteiger partial charge < -0.3 is 10.6 Å². The third-order valence-corrected chi connectivity index (χ3v) is 3.44. The lowest BCUT2D eigenvalue weighted by molar-refractivity contribution is 0.202. The lowest BCUT2D eigenvalue weighted by Gasteiger charge is -2.23. The minimum atomic E-state index is -0.289. The second kappa shape index (κ2) is 3.80. The zero-order valence-electron chi connectivity index (χ0n) is 9.01. The number of aliphatic imine (C=N–C) groups is 1. The van der Waals surface area contributed by atoms with E-state index in [0.29, 0.717) is 5.84 Å². The Balaban J connectivity index is 1.96. The fraction of sp³-hybridized carbons (Fsp3) is 0.364. The standard InChI is InChI=1S/C11H11BrN4O/c12-6-1-4-8(14-5-6)9-10(13)15-11(17)16(9)7-2-3-7/h1,4-5,7,9H,2-3H2,(H2,13,15,17). The molecule has 17 heavy (non-hydrogen) atoms. The van der Waals surface area contributed by atoms with Crippen molar-refractivity contribution in [2.45, 2.75) is 24.9 Å². The van der Waals surface area contributed by atoms with Gasteiger partial charge in [-0.1, -0.05) is 0 Å². The van der Waals surface area contributed by atoms with Crippen LogP contribution < -0.4 is 5.73 Å². The van der Waals surface area contributed by atoms with E-state index in [4.69, 9.17) is 5.73 Å². The first kappa shape index (κ1) is 10.7. The Morgan fingerprint density at radius 1 is 1.41 bits per heavy atom. The highest BCUT2D eigenvalue weighted by Gasteiger charge is 2.44. The van der Waals surface area contributed by atoms with E-state index in [1.54, 1.807) is 11.1 Å². The van der Waals surface area contributed by atoms with Crippen molar-refractivity contribution < 1.29 is 4.79 Å². The summed E-state index contributed by atoms with van der Waals surface area (Å²) in [6.07, 6.45) is 3.76. The molecule has 0 saturated heterocycles. The maximum Gasteiger partial charge on any atom is 0.346 e. The van der Waals surface area contributed by atoms with Gasteiger partial charge in [-0.15, -0.1) is 0 Å². The van der Waals surface area contributed by atoms with E-state index in [9.17, 15) is 4.79 Å². The van der Waals surface area contributed by atoms with Gasteiger partial charge in [0.1, 0.15) is 11.9 Å². The third kappa shape index (κ3) is 1.82. The van der Waals surface area contributed by atoms with Crippen LogP contribution in [0.4, 0.5) is 4.79 Å². The van der Waals surface area contributed by atoms with Gasteiger partial charge in [-0.25, -0.2) is 4.79 Å². The summed E-state index contributed by atoms with van der Waals surface area (Å²) < 4.78 is 0.902. The van der Waals surface area contributed by atoms with E-state index in [-0.39, 0.29) is 18.1 Å². The number of amides is 2. The second-order valence-corrected chi connectivity index (χ2v) is 5.18. The zero-order chi connectivity index (χ0) is 12.0. The summed E-state index contributed by atoms with van der Waals surface area (Å²) in [5.74, 6) is 0.344. The first-order valence-electron chi connectivity index (χ1n) is 5.44. The zero-order valence-corrected chi connectivity index (χ0v) is 10.6. The van der Waals surface area contributed by atoms with Crippen molar-refractivity contribution >= 4 is 27.8 Å². The van der Waals surface area contributed by atoms with Gasteiger partial charge in [0, 0.05) is 16.7 Å². The lowest BCUT2D eigenvalue weighted by atomic mass is 10.1. The largest absolute Gasteiger partial charge is 0.385 e. The number of halogens is 1. The Morgan fingerprint density at radius 3 is 2.76 bits per heavy atom. The molecule has 1 saturated carbocycles. The van der Waals surface area contributed by atoms with E-state index in [0.717, 1.165) is 23.0 Å². The number of nitrogens with zero attached hydrogens (tertiary/aromatic N) is 3. The van der Waals surface area contributed by atoms with Crippen LogP contribution in [0.5, 0.6) is 0 Å². The molecule has 1 fully saturated rings. The summed E-state index contributed by atoms with van der Waals surface area (Å²) >= 11 is 3.33. The van der Waals surface area contributed by atoms with Gasteiger partial charge in [0.25, 0.3) is 0 Å². The minimum Gasteiger partial charge on any atom is -0.385 e. The van der Waals surface area contributed by atoms with E-state index >= 15 is 0 Å². The average Bonchev–Trinajstić information content (AvgIpc) is 3.07. The molecule has 0 bridgehead atoms. The number of carbonyl (C=O) groups excluding carboxylic acids is 1. The first-order valence-corrected chi connectivity index (χ1v) is 6.24. The summed E-state index contributed by atoms with van der Waals surface area (Å²) in [6.45, 7) is 0. The summed E-state index contributed by atoms with van der Waals surface area (Å²) in [5.41, 5.74) is 6.60. The van der Waals surface area contributed by atoms with Gasteiger partial charge >= 0.3 is 6.03 Å². The van der Waals surface area contributed by atoms with Gasteiger partial charge in [-0.05, 0) is 40.9 Å². The molecule has 2 heterocycles. The quantitative estimate of drug-likeness (QED) is 0.905. The monoisotopic (exact) mass is 294 g/mol. The molecular formula is C11H11BrN4O. The van der Waals surface area contributed by atoms with Crippen molar-refractivity contribution in [2.24, 2.45) is 10.7 Å². The van der Waals surface area contributed by atoms with Gasteiger partial charge in [-0.3, -0.25) is 4.98 Å². The summed E-state index contributed by atoms with van der Waals surface area (Å²) in [5, 5.41) is 0. The summed E-state index contributed by atoms with van der Waals surface area (Å²) in [7, 11) is 0. The van der Waals surface area contributed by atoms with Crippen LogP contribution in [0.25, 0.3) is 0 Å². The molecule has 2 N–H and O–H groups in total. The second-order valence-electron chi connectivity index (χ2n) is 4.26. The number of urea groups is 1. The Kier molecular flexibility index (Phi) is 2.39. The molecule has 0 radical (unpaired) electrons. The van der Waals surface area contributed by atoms with Crippen LogP contribution in [0.2, 0.25) is 0 Å². The minimum absolute atomic E-state index is 0.236. The highest BCUT2D eigenvalue weighted by molar-refractivity contribution is 9.10. The van der Waals surface area contributed by atoms with Crippen LogP contribution in [0.1, 0.15) is 24.6 Å². The molecule has 1 aromatic rings. The summed E-state index contributed by atoms with van der Waals surface area (Å²) in [4.78, 5) is 21.6. The molecule has 1 aliphatic heterocycles. The number of pyridine rings is 1. The predicted octanol–water partition coefficient (Wildman–Crippen LogP) is 1.84. The van der Waals surface area contributed by atoms with Crippen LogP contribution in [-0.4, -0.2) is 27.8 Å². The molecule has 0 spiro atoms. The van der Waals surface area contributed by atoms with E-state index < -0.39 is 0 Å². The van der Waals surface area contributed by atoms with Crippen molar-refractivity contribution in [2.75, 3.05) is 0 Å². The molecule has 2 amide bonds. The number of hydrogen-bond acceptors (Lipinski definition) is 3. The van der Waals surface area contributed by atoms with E-state index in [1.165, 1.54) is 0 Å². The number of nitrogens with two attached hydrogens (primary N) is 1. The van der Waals surface area contributed by atoms with Crippen LogP contribution in [-0.2, 0) is 0 Å². The maximum atomic E-state index is 11.7. The fourth-order valence-corrected chi connectivity index (χ4v) is 2.28. The van der Waals surface area contributed by atoms with Crippen LogP contribution in [0, 0.1) is 0 Å². The molecule has 5 nitrogen and oxygen atoms in total. The number of rotatable bonds is 2. The number of aromatic nitrogens is 1. The lowest BCUT2D eigenvalue weighted by Crippen LogP contribution is -2.35. The number of carbonyl (C=O) groups is 1. The Morgan fingerprint density at radius 2 is 2.18 bits per heavy atom. The predicted molar refractivity (Wildman–Crippen MR) is 66.6 cm³/mol. The average molecular weight is 295 g/mol. The topological polar surface area (TPSA) is 71.6 Å². The summed E-state index contributed by atoms with van der Waals surface area (Å²) in [6, 6.07) is 3.51. The van der Waals surface area contributed by atoms with Crippen LogP contribution in [0.3, 0.4) is 0 Å². The SMILES string of the molecule is NC1=NC(=O)N(C2CC2)C1c1ccc(Br)cn1. The van der Waals surface area contributed by atoms with Gasteiger partial charge in [0.05, 0.1) is 5.69 Å². The van der Waals surface area contributed by atoms with Gasteiger partial charge in [0.15, 0.2) is 0 Å². The first-order chi connectivity index (χ1) is 8.16. The van der Waals surface area contributed by atoms with Crippen molar-refractivity contribution in [3.05, 3.63) is 28.5 Å². The molecule has 88 valence electrons. The Labute approximate surface area is 107 Å². The molecular weight excluding hydrogens is 284 g/mol. The smallest absolute Gasteiger partial charge is 0.346 e. The fourth-order valence-electron chi connectivity index (χ4n) is 2.04. The Bertz CT molecular complexity index is 495. The van der Waals surface area contributed by atoms with Crippen molar-refractivity contribution in [3.8, 4) is 0 Å². The molecule has 3 rings (SSSR count). The van der Waals surface area contributed by atoms with Crippen LogP contribution in [0.15, 0.2) is 27.8 Å². The Hall–Kier alpha value is -1.43. The van der Waals surface area contributed by atoms with Crippen LogP contribution >= 0.6 is 15.9 Å². The highest BCUT2D eigenvalue weighted by atomic mass is 79.9. The number of hydrogen-bond donors (Lipinski definition) is 1. The third-order valence-electron chi connectivity index (χ3n) is 2.97. The molecule has 2 aliphatic rings. The number of amidine groups is 1. The normalized spacial score (nSPS) is 24.1. The molecule has 0 aromatic carbocycles. The van der Waals surface area contributed by atoms with Crippen molar-refractivity contribution in [3.63, 3.8) is 0 Å². The molecule has 1 atom stereocenters.